The van der Waals surface area contributed by atoms with Crippen LogP contribution in [0.1, 0.15) is 5.56 Å². The number of carbonyl (C=O) groups is 1. The van der Waals surface area contributed by atoms with Crippen LogP contribution in [0.5, 0.6) is 0 Å². The van der Waals surface area contributed by atoms with Crippen molar-refractivity contribution in [2.45, 2.75) is 11.8 Å². The van der Waals surface area contributed by atoms with Gasteiger partial charge in [-0.05, 0) is 24.6 Å². The average molecular weight is 374 g/mol. The van der Waals surface area contributed by atoms with Gasteiger partial charge in [0.15, 0.2) is 0 Å². The molecule has 0 spiro atoms. The molecule has 124 valence electrons. The fraction of sp³-hybridized carbons (Fsp3) is 0.333. The minimum Gasteiger partial charge on any atom is -0.383 e. The minimum absolute atomic E-state index is 0.108. The number of rotatable bonds is 4. The van der Waals surface area contributed by atoms with E-state index in [1.807, 2.05) is 21.0 Å². The van der Waals surface area contributed by atoms with Gasteiger partial charge in [0.1, 0.15) is 0 Å². The largest absolute Gasteiger partial charge is 0.383 e. The molecule has 1 atom stereocenters. The Morgan fingerprint density at radius 2 is 1.96 bits per heavy atom. The van der Waals surface area contributed by atoms with Crippen molar-refractivity contribution < 1.29 is 9.00 Å². The molecule has 1 amide bonds. The topological polar surface area (TPSA) is 53.0 Å². The Labute approximate surface area is 148 Å². The highest BCUT2D eigenvalue weighted by molar-refractivity contribution is 7.86. The molecule has 0 saturated heterocycles. The summed E-state index contributed by atoms with van der Waals surface area (Å²) in [6.45, 7) is 1.82. The third-order valence-electron chi connectivity index (χ3n) is 3.22. The molecule has 2 rings (SSSR count). The van der Waals surface area contributed by atoms with E-state index in [4.69, 9.17) is 23.2 Å². The molecule has 0 radical (unpaired) electrons. The van der Waals surface area contributed by atoms with E-state index in [0.717, 1.165) is 5.56 Å². The van der Waals surface area contributed by atoms with Gasteiger partial charge in [0.2, 0.25) is 0 Å². The summed E-state index contributed by atoms with van der Waals surface area (Å²) in [6.07, 6.45) is 1.68. The van der Waals surface area contributed by atoms with Crippen LogP contribution in [0.4, 0.5) is 0 Å². The number of carbonyl (C=O) groups excluding carboxylic acids is 1. The van der Waals surface area contributed by atoms with Crippen LogP contribution in [0.2, 0.25) is 10.0 Å². The lowest BCUT2D eigenvalue weighted by Gasteiger charge is -2.09. The molecule has 23 heavy (non-hydrogen) atoms. The zero-order valence-corrected chi connectivity index (χ0v) is 15.6. The molecule has 1 aliphatic heterocycles. The Balaban J connectivity index is 2.31. The molecule has 0 saturated carbocycles. The number of benzene rings is 1. The van der Waals surface area contributed by atoms with Gasteiger partial charge in [-0.25, -0.2) is 5.01 Å². The van der Waals surface area contributed by atoms with Crippen LogP contribution in [0.3, 0.4) is 0 Å². The van der Waals surface area contributed by atoms with E-state index in [9.17, 15) is 9.00 Å². The van der Waals surface area contributed by atoms with E-state index in [1.54, 1.807) is 30.3 Å². The van der Waals surface area contributed by atoms with Gasteiger partial charge in [0.05, 0.1) is 37.8 Å². The van der Waals surface area contributed by atoms with Crippen LogP contribution in [-0.2, 0) is 15.6 Å². The number of hydrazone groups is 1. The van der Waals surface area contributed by atoms with Crippen molar-refractivity contribution in [2.24, 2.45) is 5.10 Å². The average Bonchev–Trinajstić information content (AvgIpc) is 2.70. The van der Waals surface area contributed by atoms with Crippen LogP contribution in [0, 0.1) is 6.92 Å². The number of amides is 1. The monoisotopic (exact) mass is 373 g/mol. The molecule has 1 aromatic rings. The predicted octanol–water partition coefficient (Wildman–Crippen LogP) is 2.68. The Kier molecular flexibility index (Phi) is 5.49. The van der Waals surface area contributed by atoms with Crippen molar-refractivity contribution in [1.29, 1.82) is 0 Å². The van der Waals surface area contributed by atoms with Crippen molar-refractivity contribution in [3.63, 3.8) is 0 Å². The summed E-state index contributed by atoms with van der Waals surface area (Å²) in [4.78, 5) is 14.4. The van der Waals surface area contributed by atoms with E-state index in [-0.39, 0.29) is 11.7 Å². The quantitative estimate of drug-likeness (QED) is 0.762. The Bertz CT molecular complexity index is 744. The second kappa shape index (κ2) is 7.03. The van der Waals surface area contributed by atoms with Gasteiger partial charge in [-0.15, -0.1) is 0 Å². The Morgan fingerprint density at radius 3 is 2.57 bits per heavy atom. The van der Waals surface area contributed by atoms with Gasteiger partial charge < -0.3 is 4.90 Å². The number of halogens is 2. The molecular formula is C15H17Cl2N3O2S. The zero-order valence-electron chi connectivity index (χ0n) is 13.3. The molecule has 0 aromatic heterocycles. The minimum atomic E-state index is -1.43. The van der Waals surface area contributed by atoms with Crippen molar-refractivity contribution in [1.82, 2.24) is 9.91 Å². The van der Waals surface area contributed by atoms with Crippen molar-refractivity contribution in [2.75, 3.05) is 26.9 Å². The standard InChI is InChI=1S/C15H17Cl2N3O2S/c1-9-5-14(12(17)6-11(9)16)23(22)8-13-10(7-19(2)3)15(21)20(4)18-13/h5-7H,8H2,1-4H3/b10-7+. The highest BCUT2D eigenvalue weighted by atomic mass is 35.5. The molecule has 1 heterocycles. The van der Waals surface area contributed by atoms with Crippen LogP contribution in [-0.4, -0.2) is 52.6 Å². The van der Waals surface area contributed by atoms with Crippen LogP contribution in [0.15, 0.2) is 33.9 Å². The summed E-state index contributed by atoms with van der Waals surface area (Å²) in [5.41, 5.74) is 1.71. The molecule has 0 bridgehead atoms. The molecule has 0 N–H and O–H groups in total. The van der Waals surface area contributed by atoms with E-state index in [0.29, 0.717) is 26.2 Å². The van der Waals surface area contributed by atoms with Crippen molar-refractivity contribution in [3.8, 4) is 0 Å². The molecule has 5 nitrogen and oxygen atoms in total. The van der Waals surface area contributed by atoms with E-state index in [2.05, 4.69) is 5.10 Å². The molecule has 1 unspecified atom stereocenters. The van der Waals surface area contributed by atoms with E-state index < -0.39 is 10.8 Å². The summed E-state index contributed by atoms with van der Waals surface area (Å²) in [7, 11) is 3.77. The molecule has 1 aliphatic rings. The first kappa shape index (κ1) is 18.0. The lowest BCUT2D eigenvalue weighted by molar-refractivity contribution is -0.124. The smallest absolute Gasteiger partial charge is 0.277 e. The first-order chi connectivity index (χ1) is 10.7. The maximum Gasteiger partial charge on any atom is 0.277 e. The fourth-order valence-corrected chi connectivity index (χ4v) is 3.92. The second-order valence-electron chi connectivity index (χ2n) is 5.40. The summed E-state index contributed by atoms with van der Waals surface area (Å²) >= 11 is 12.1. The molecule has 0 fully saturated rings. The number of hydrogen-bond acceptors (Lipinski definition) is 4. The maximum absolute atomic E-state index is 12.7. The molecule has 1 aromatic carbocycles. The number of nitrogens with zero attached hydrogens (tertiary/aromatic N) is 3. The van der Waals surface area contributed by atoms with Crippen LogP contribution < -0.4 is 0 Å². The zero-order chi connectivity index (χ0) is 17.3. The second-order valence-corrected chi connectivity index (χ2v) is 7.64. The van der Waals surface area contributed by atoms with Gasteiger partial charge in [-0.2, -0.15) is 5.10 Å². The molecule has 8 heteroatoms. The summed E-state index contributed by atoms with van der Waals surface area (Å²) in [5.74, 6) is -0.111. The lowest BCUT2D eigenvalue weighted by Crippen LogP contribution is -2.20. The van der Waals surface area contributed by atoms with Gasteiger partial charge in [-0.3, -0.25) is 9.00 Å². The van der Waals surface area contributed by atoms with Gasteiger partial charge >= 0.3 is 0 Å². The van der Waals surface area contributed by atoms with Crippen LogP contribution in [0.25, 0.3) is 0 Å². The fourth-order valence-electron chi connectivity index (χ4n) is 2.08. The highest BCUT2D eigenvalue weighted by Gasteiger charge is 2.29. The number of likely N-dealkylation sites (N-methyl/N-ethyl adjacent to an activating group) is 1. The highest BCUT2D eigenvalue weighted by Crippen LogP contribution is 2.28. The van der Waals surface area contributed by atoms with E-state index in [1.165, 1.54) is 5.01 Å². The molecule has 0 aliphatic carbocycles. The first-order valence-electron chi connectivity index (χ1n) is 6.79. The summed E-state index contributed by atoms with van der Waals surface area (Å²) in [6, 6.07) is 3.28. The first-order valence-corrected chi connectivity index (χ1v) is 8.86. The Morgan fingerprint density at radius 1 is 1.30 bits per heavy atom. The predicted molar refractivity (Wildman–Crippen MR) is 94.4 cm³/mol. The van der Waals surface area contributed by atoms with Gasteiger partial charge in [0.25, 0.3) is 5.91 Å². The summed E-state index contributed by atoms with van der Waals surface area (Å²) in [5, 5.41) is 6.30. The third kappa shape index (κ3) is 3.94. The van der Waals surface area contributed by atoms with Crippen LogP contribution >= 0.6 is 23.2 Å². The third-order valence-corrected chi connectivity index (χ3v) is 5.42. The molecular weight excluding hydrogens is 357 g/mol. The van der Waals surface area contributed by atoms with Gasteiger partial charge in [-0.1, -0.05) is 23.2 Å². The van der Waals surface area contributed by atoms with E-state index >= 15 is 0 Å². The van der Waals surface area contributed by atoms with Crippen molar-refractivity contribution >= 4 is 45.6 Å². The van der Waals surface area contributed by atoms with Crippen molar-refractivity contribution in [3.05, 3.63) is 39.5 Å². The lowest BCUT2D eigenvalue weighted by atomic mass is 10.2. The number of aryl methyl sites for hydroxylation is 1. The maximum atomic E-state index is 12.7. The SMILES string of the molecule is Cc1cc(S(=O)CC2=NN(C)C(=O)/C2=C/N(C)C)c(Cl)cc1Cl. The van der Waals surface area contributed by atoms with Gasteiger partial charge in [0, 0.05) is 32.4 Å². The summed E-state index contributed by atoms with van der Waals surface area (Å²) < 4.78 is 12.7. The number of hydrogen-bond donors (Lipinski definition) is 0. The Hall–Kier alpha value is -1.37. The normalized spacial score (nSPS) is 17.7.